The maximum atomic E-state index is 9.30. The zero-order chi connectivity index (χ0) is 12.4. The Labute approximate surface area is 109 Å². The summed E-state index contributed by atoms with van der Waals surface area (Å²) in [5.41, 5.74) is 2.88. The molecule has 0 saturated heterocycles. The van der Waals surface area contributed by atoms with Crippen LogP contribution in [0.4, 0.5) is 0 Å². The molecular weight excluding hydrogens is 224 g/mol. The van der Waals surface area contributed by atoms with E-state index >= 15 is 0 Å². The number of benzene rings is 1. The minimum atomic E-state index is 0.266. The Morgan fingerprint density at radius 2 is 2.06 bits per heavy atom. The number of hydrogen-bond donors (Lipinski definition) is 2. The smallest absolute Gasteiger partial charge is 0.0558 e. The van der Waals surface area contributed by atoms with E-state index < -0.39 is 0 Å². The summed E-state index contributed by atoms with van der Waals surface area (Å²) in [6.45, 7) is 3.12. The molecule has 1 aromatic carbocycles. The highest BCUT2D eigenvalue weighted by atomic mass is 16.3. The number of aliphatic hydroxyl groups excluding tert-OH is 1. The molecule has 0 bridgehead atoms. The van der Waals surface area contributed by atoms with E-state index in [-0.39, 0.29) is 6.61 Å². The Kier molecular flexibility index (Phi) is 3.64. The topological polar surface area (TPSA) is 35.5 Å². The van der Waals surface area contributed by atoms with Crippen molar-refractivity contribution in [2.75, 3.05) is 19.7 Å². The Morgan fingerprint density at radius 1 is 1.22 bits per heavy atom. The van der Waals surface area contributed by atoms with E-state index in [1.165, 1.54) is 24.0 Å². The Balaban J connectivity index is 1.89. The molecule has 98 valence electrons. The van der Waals surface area contributed by atoms with Gasteiger partial charge in [-0.15, -0.1) is 0 Å². The van der Waals surface area contributed by atoms with Crippen LogP contribution in [-0.4, -0.2) is 35.7 Å². The second-order valence-corrected chi connectivity index (χ2v) is 5.37. The normalized spacial score (nSPS) is 23.8. The van der Waals surface area contributed by atoms with Gasteiger partial charge in [0.05, 0.1) is 6.61 Å². The molecule has 0 spiro atoms. The van der Waals surface area contributed by atoms with Crippen LogP contribution in [0.2, 0.25) is 0 Å². The second-order valence-electron chi connectivity index (χ2n) is 5.37. The lowest BCUT2D eigenvalue weighted by Gasteiger charge is -2.31. The SMILES string of the molecule is OCCN(C1CC1)C1CCNCc2ccccc21. The van der Waals surface area contributed by atoms with Crippen LogP contribution in [0.15, 0.2) is 24.3 Å². The first-order valence-corrected chi connectivity index (χ1v) is 7.05. The summed E-state index contributed by atoms with van der Waals surface area (Å²) in [7, 11) is 0. The fraction of sp³-hybridized carbons (Fsp3) is 0.600. The molecular formula is C15H22N2O. The second kappa shape index (κ2) is 5.39. The lowest BCUT2D eigenvalue weighted by Crippen LogP contribution is -2.34. The summed E-state index contributed by atoms with van der Waals surface area (Å²) in [6, 6.07) is 9.94. The predicted octanol–water partition coefficient (Wildman–Crippen LogP) is 1.68. The summed E-state index contributed by atoms with van der Waals surface area (Å²) in [6.07, 6.45) is 3.74. The molecule has 3 rings (SSSR count). The molecule has 0 radical (unpaired) electrons. The zero-order valence-electron chi connectivity index (χ0n) is 10.8. The van der Waals surface area contributed by atoms with Crippen LogP contribution in [0.5, 0.6) is 0 Å². The van der Waals surface area contributed by atoms with Gasteiger partial charge in [0.1, 0.15) is 0 Å². The van der Waals surface area contributed by atoms with Gasteiger partial charge in [-0.25, -0.2) is 0 Å². The number of aliphatic hydroxyl groups is 1. The van der Waals surface area contributed by atoms with Crippen LogP contribution in [0, 0.1) is 0 Å². The van der Waals surface area contributed by atoms with Crippen molar-refractivity contribution in [1.82, 2.24) is 10.2 Å². The van der Waals surface area contributed by atoms with Crippen molar-refractivity contribution < 1.29 is 5.11 Å². The van der Waals surface area contributed by atoms with Crippen LogP contribution < -0.4 is 5.32 Å². The summed E-state index contributed by atoms with van der Waals surface area (Å²) in [5.74, 6) is 0. The van der Waals surface area contributed by atoms with E-state index in [0.29, 0.717) is 12.1 Å². The molecule has 1 fully saturated rings. The third-order valence-corrected chi connectivity index (χ3v) is 4.10. The summed E-state index contributed by atoms with van der Waals surface area (Å²) >= 11 is 0. The third-order valence-electron chi connectivity index (χ3n) is 4.10. The Hall–Kier alpha value is -0.900. The molecule has 1 unspecified atom stereocenters. The lowest BCUT2D eigenvalue weighted by molar-refractivity contribution is 0.137. The van der Waals surface area contributed by atoms with Gasteiger partial charge in [0.25, 0.3) is 0 Å². The zero-order valence-corrected chi connectivity index (χ0v) is 10.8. The van der Waals surface area contributed by atoms with Gasteiger partial charge in [-0.05, 0) is 36.9 Å². The van der Waals surface area contributed by atoms with Crippen molar-refractivity contribution in [2.45, 2.75) is 37.9 Å². The first kappa shape index (κ1) is 12.2. The quantitative estimate of drug-likeness (QED) is 0.848. The van der Waals surface area contributed by atoms with Crippen LogP contribution in [0.1, 0.15) is 36.4 Å². The molecule has 2 N–H and O–H groups in total. The van der Waals surface area contributed by atoms with Crippen molar-refractivity contribution >= 4 is 0 Å². The van der Waals surface area contributed by atoms with Gasteiger partial charge in [-0.3, -0.25) is 4.90 Å². The molecule has 0 amide bonds. The molecule has 0 aromatic heterocycles. The fourth-order valence-corrected chi connectivity index (χ4v) is 3.10. The maximum Gasteiger partial charge on any atom is 0.0558 e. The van der Waals surface area contributed by atoms with E-state index in [1.807, 2.05) is 0 Å². The van der Waals surface area contributed by atoms with Gasteiger partial charge >= 0.3 is 0 Å². The Morgan fingerprint density at radius 3 is 2.83 bits per heavy atom. The van der Waals surface area contributed by atoms with E-state index in [9.17, 15) is 5.11 Å². The van der Waals surface area contributed by atoms with Crippen LogP contribution in [0.25, 0.3) is 0 Å². The van der Waals surface area contributed by atoms with E-state index in [2.05, 4.69) is 34.5 Å². The summed E-state index contributed by atoms with van der Waals surface area (Å²) in [5, 5.41) is 12.8. The van der Waals surface area contributed by atoms with Gasteiger partial charge in [-0.1, -0.05) is 24.3 Å². The molecule has 1 aliphatic carbocycles. The highest BCUT2D eigenvalue weighted by Gasteiger charge is 2.35. The molecule has 2 aliphatic rings. The molecule has 3 nitrogen and oxygen atoms in total. The number of nitrogens with one attached hydrogen (secondary N) is 1. The van der Waals surface area contributed by atoms with Crippen LogP contribution in [0.3, 0.4) is 0 Å². The molecule has 1 aromatic rings. The molecule has 1 saturated carbocycles. The van der Waals surface area contributed by atoms with E-state index in [1.54, 1.807) is 0 Å². The van der Waals surface area contributed by atoms with Crippen molar-refractivity contribution in [3.8, 4) is 0 Å². The average molecular weight is 246 g/mol. The minimum absolute atomic E-state index is 0.266. The third kappa shape index (κ3) is 2.44. The summed E-state index contributed by atoms with van der Waals surface area (Å²) in [4.78, 5) is 2.52. The maximum absolute atomic E-state index is 9.30. The first-order valence-electron chi connectivity index (χ1n) is 7.05. The van der Waals surface area contributed by atoms with Gasteiger partial charge in [0.2, 0.25) is 0 Å². The first-order chi connectivity index (χ1) is 8.90. The van der Waals surface area contributed by atoms with Gasteiger partial charge in [0.15, 0.2) is 0 Å². The Bertz CT molecular complexity index is 403. The number of fused-ring (bicyclic) bond motifs is 1. The molecule has 3 heteroatoms. The average Bonchev–Trinajstić information content (AvgIpc) is 3.23. The van der Waals surface area contributed by atoms with E-state index in [4.69, 9.17) is 0 Å². The molecule has 1 atom stereocenters. The number of nitrogens with zero attached hydrogens (tertiary/aromatic N) is 1. The van der Waals surface area contributed by atoms with Crippen molar-refractivity contribution in [2.24, 2.45) is 0 Å². The summed E-state index contributed by atoms with van der Waals surface area (Å²) < 4.78 is 0. The van der Waals surface area contributed by atoms with Crippen molar-refractivity contribution in [1.29, 1.82) is 0 Å². The predicted molar refractivity (Wildman–Crippen MR) is 72.3 cm³/mol. The van der Waals surface area contributed by atoms with Gasteiger partial charge in [0, 0.05) is 25.2 Å². The van der Waals surface area contributed by atoms with Crippen LogP contribution in [-0.2, 0) is 6.54 Å². The molecule has 18 heavy (non-hydrogen) atoms. The van der Waals surface area contributed by atoms with Crippen molar-refractivity contribution in [3.05, 3.63) is 35.4 Å². The van der Waals surface area contributed by atoms with Gasteiger partial charge < -0.3 is 10.4 Å². The van der Waals surface area contributed by atoms with Crippen LogP contribution >= 0.6 is 0 Å². The highest BCUT2D eigenvalue weighted by Crippen LogP contribution is 2.37. The fourth-order valence-electron chi connectivity index (χ4n) is 3.10. The number of rotatable bonds is 4. The molecule has 1 aliphatic heterocycles. The largest absolute Gasteiger partial charge is 0.395 e. The minimum Gasteiger partial charge on any atom is -0.395 e. The van der Waals surface area contributed by atoms with Gasteiger partial charge in [-0.2, -0.15) is 0 Å². The van der Waals surface area contributed by atoms with E-state index in [0.717, 1.165) is 26.1 Å². The molecule has 1 heterocycles. The monoisotopic (exact) mass is 246 g/mol. The highest BCUT2D eigenvalue weighted by molar-refractivity contribution is 5.31. The van der Waals surface area contributed by atoms with Crippen molar-refractivity contribution in [3.63, 3.8) is 0 Å². The standard InChI is InChI=1S/C15H22N2O/c18-10-9-17(13-5-6-13)15-7-8-16-11-12-3-1-2-4-14(12)15/h1-4,13,15-16,18H,5-11H2. The lowest BCUT2D eigenvalue weighted by atomic mass is 9.97. The number of hydrogen-bond acceptors (Lipinski definition) is 3.